The van der Waals surface area contributed by atoms with Gasteiger partial charge >= 0.3 is 6.03 Å². The highest BCUT2D eigenvalue weighted by Crippen LogP contribution is 2.18. The number of urea groups is 1. The van der Waals surface area contributed by atoms with Crippen molar-refractivity contribution in [3.8, 4) is 5.69 Å². The molecular weight excluding hydrogens is 409 g/mol. The Morgan fingerprint density at radius 2 is 1.66 bits per heavy atom. The van der Waals surface area contributed by atoms with Crippen LogP contribution in [0.3, 0.4) is 0 Å². The Kier molecular flexibility index (Phi) is 6.20. The van der Waals surface area contributed by atoms with Crippen molar-refractivity contribution in [1.29, 1.82) is 0 Å². The maximum Gasteiger partial charge on any atom is 0.321 e. The highest BCUT2D eigenvalue weighted by atomic mass is 19.1. The van der Waals surface area contributed by atoms with Crippen LogP contribution in [0.25, 0.3) is 5.69 Å². The van der Waals surface area contributed by atoms with Crippen LogP contribution in [0.5, 0.6) is 0 Å². The molecule has 166 valence electrons. The average Bonchev–Trinajstić information content (AvgIpc) is 2.97. The first-order valence-corrected chi connectivity index (χ1v) is 10.7. The number of benzene rings is 2. The molecule has 0 radical (unpaired) electrons. The van der Waals surface area contributed by atoms with Crippen molar-refractivity contribution in [2.45, 2.75) is 20.3 Å². The molecule has 32 heavy (non-hydrogen) atoms. The zero-order valence-corrected chi connectivity index (χ0v) is 18.2. The van der Waals surface area contributed by atoms with Crippen LogP contribution in [0.2, 0.25) is 0 Å². The fourth-order valence-electron chi connectivity index (χ4n) is 3.91. The summed E-state index contributed by atoms with van der Waals surface area (Å²) in [7, 11) is 0. The van der Waals surface area contributed by atoms with Gasteiger partial charge in [0.25, 0.3) is 5.91 Å². The lowest BCUT2D eigenvalue weighted by Crippen LogP contribution is -2.39. The lowest BCUT2D eigenvalue weighted by molar-refractivity contribution is 0.0762. The fraction of sp³-hybridized carbons (Fsp3) is 0.292. The van der Waals surface area contributed by atoms with Crippen LogP contribution >= 0.6 is 0 Å². The molecule has 1 saturated heterocycles. The van der Waals surface area contributed by atoms with Crippen molar-refractivity contribution in [2.75, 3.05) is 31.5 Å². The van der Waals surface area contributed by atoms with Gasteiger partial charge in [-0.3, -0.25) is 4.79 Å². The Bertz CT molecular complexity index is 1130. The molecule has 0 saturated carbocycles. The van der Waals surface area contributed by atoms with E-state index >= 15 is 0 Å². The quantitative estimate of drug-likeness (QED) is 0.676. The van der Waals surface area contributed by atoms with Crippen LogP contribution in [0.15, 0.2) is 54.6 Å². The third-order valence-corrected chi connectivity index (χ3v) is 5.51. The number of nitrogens with one attached hydrogen (secondary N) is 1. The smallest absolute Gasteiger partial charge is 0.321 e. The van der Waals surface area contributed by atoms with Gasteiger partial charge in [-0.15, -0.1) is 0 Å². The Morgan fingerprint density at radius 1 is 0.938 bits per heavy atom. The van der Waals surface area contributed by atoms with E-state index in [-0.39, 0.29) is 17.8 Å². The van der Waals surface area contributed by atoms with Crippen LogP contribution in [-0.2, 0) is 0 Å². The lowest BCUT2D eigenvalue weighted by Gasteiger charge is -2.22. The third kappa shape index (κ3) is 4.80. The van der Waals surface area contributed by atoms with Gasteiger partial charge in [0.2, 0.25) is 0 Å². The summed E-state index contributed by atoms with van der Waals surface area (Å²) in [5.74, 6) is -0.521. The number of anilines is 1. The zero-order chi connectivity index (χ0) is 22.7. The van der Waals surface area contributed by atoms with Crippen molar-refractivity contribution in [1.82, 2.24) is 19.6 Å². The minimum absolute atomic E-state index is 0.148. The number of amides is 3. The van der Waals surface area contributed by atoms with Crippen molar-refractivity contribution in [3.63, 3.8) is 0 Å². The van der Waals surface area contributed by atoms with E-state index < -0.39 is 0 Å². The second-order valence-electron chi connectivity index (χ2n) is 7.96. The van der Waals surface area contributed by atoms with Crippen LogP contribution < -0.4 is 5.32 Å². The number of nitrogens with zero attached hydrogens (tertiary/aromatic N) is 4. The third-order valence-electron chi connectivity index (χ3n) is 5.51. The summed E-state index contributed by atoms with van der Waals surface area (Å²) in [4.78, 5) is 29.0. The molecule has 1 aromatic heterocycles. The molecule has 0 spiro atoms. The molecule has 0 atom stereocenters. The van der Waals surface area contributed by atoms with Crippen molar-refractivity contribution < 1.29 is 14.0 Å². The number of aromatic nitrogens is 2. The summed E-state index contributed by atoms with van der Waals surface area (Å²) in [6.45, 7) is 5.88. The number of hydrogen-bond donors (Lipinski definition) is 1. The number of carbonyl (C=O) groups is 2. The largest absolute Gasteiger partial charge is 0.337 e. The van der Waals surface area contributed by atoms with E-state index in [1.54, 1.807) is 9.80 Å². The second-order valence-corrected chi connectivity index (χ2v) is 7.96. The van der Waals surface area contributed by atoms with Gasteiger partial charge in [0.05, 0.1) is 11.4 Å². The predicted molar refractivity (Wildman–Crippen MR) is 121 cm³/mol. The zero-order valence-electron chi connectivity index (χ0n) is 18.2. The molecule has 1 N–H and O–H groups in total. The number of rotatable bonds is 3. The molecule has 0 unspecified atom stereocenters. The Morgan fingerprint density at radius 3 is 2.38 bits per heavy atom. The van der Waals surface area contributed by atoms with Gasteiger partial charge < -0.3 is 15.1 Å². The number of aryl methyl sites for hydroxylation is 2. The normalized spacial score (nSPS) is 14.2. The van der Waals surface area contributed by atoms with E-state index in [4.69, 9.17) is 0 Å². The summed E-state index contributed by atoms with van der Waals surface area (Å²) in [5.41, 5.74) is 3.96. The van der Waals surface area contributed by atoms with Crippen LogP contribution in [0.4, 0.5) is 14.9 Å². The summed E-state index contributed by atoms with van der Waals surface area (Å²) >= 11 is 0. The maximum absolute atomic E-state index is 13.1. The minimum Gasteiger partial charge on any atom is -0.337 e. The first-order chi connectivity index (χ1) is 15.4. The van der Waals surface area contributed by atoms with Gasteiger partial charge in [-0.2, -0.15) is 5.10 Å². The molecular formula is C24H26FN5O2. The Balaban J connectivity index is 1.39. The summed E-state index contributed by atoms with van der Waals surface area (Å²) in [6, 6.07) is 14.9. The standard InChI is InChI=1S/C24H26FN5O2/c1-17-15-18(2)30(27-17)22-6-3-5-21(16-22)26-24(32)29-12-4-11-28(13-14-29)23(31)19-7-9-20(25)10-8-19/h3,5-10,15-16H,4,11-14H2,1-2H3,(H,26,32). The predicted octanol–water partition coefficient (Wildman–Crippen LogP) is 4.01. The minimum atomic E-state index is -0.373. The van der Waals surface area contributed by atoms with E-state index in [0.717, 1.165) is 17.1 Å². The number of halogens is 1. The highest BCUT2D eigenvalue weighted by molar-refractivity contribution is 5.94. The lowest BCUT2D eigenvalue weighted by atomic mass is 10.2. The van der Waals surface area contributed by atoms with E-state index in [2.05, 4.69) is 10.4 Å². The highest BCUT2D eigenvalue weighted by Gasteiger charge is 2.23. The first-order valence-electron chi connectivity index (χ1n) is 10.7. The fourth-order valence-corrected chi connectivity index (χ4v) is 3.91. The van der Waals surface area contributed by atoms with Gasteiger partial charge in [-0.25, -0.2) is 13.9 Å². The molecule has 1 aliphatic rings. The van der Waals surface area contributed by atoms with Gasteiger partial charge in [-0.1, -0.05) is 6.07 Å². The second kappa shape index (κ2) is 9.21. The summed E-state index contributed by atoms with van der Waals surface area (Å²) in [6.07, 6.45) is 0.673. The van der Waals surface area contributed by atoms with E-state index in [1.807, 2.05) is 48.9 Å². The van der Waals surface area contributed by atoms with Gasteiger partial charge in [0.15, 0.2) is 0 Å². The van der Waals surface area contributed by atoms with Crippen molar-refractivity contribution in [3.05, 3.63) is 77.4 Å². The molecule has 8 heteroatoms. The molecule has 1 fully saturated rings. The van der Waals surface area contributed by atoms with Crippen LogP contribution in [0, 0.1) is 19.7 Å². The molecule has 1 aliphatic heterocycles. The molecule has 0 bridgehead atoms. The summed E-state index contributed by atoms with van der Waals surface area (Å²) in [5, 5.41) is 7.45. The average molecular weight is 436 g/mol. The molecule has 2 aromatic carbocycles. The number of carbonyl (C=O) groups excluding carboxylic acids is 2. The van der Waals surface area contributed by atoms with Crippen LogP contribution in [0.1, 0.15) is 28.2 Å². The van der Waals surface area contributed by atoms with E-state index in [0.29, 0.717) is 43.9 Å². The van der Waals surface area contributed by atoms with E-state index in [1.165, 1.54) is 24.3 Å². The van der Waals surface area contributed by atoms with Crippen molar-refractivity contribution >= 4 is 17.6 Å². The van der Waals surface area contributed by atoms with Gasteiger partial charge in [0.1, 0.15) is 5.82 Å². The SMILES string of the molecule is Cc1cc(C)n(-c2cccc(NC(=O)N3CCCN(C(=O)c4ccc(F)cc4)CC3)c2)n1. The molecule has 7 nitrogen and oxygen atoms in total. The topological polar surface area (TPSA) is 70.5 Å². The Labute approximate surface area is 186 Å². The van der Waals surface area contributed by atoms with Crippen molar-refractivity contribution in [2.24, 2.45) is 0 Å². The number of hydrogen-bond acceptors (Lipinski definition) is 3. The molecule has 3 amide bonds. The van der Waals surface area contributed by atoms with Crippen LogP contribution in [-0.4, -0.2) is 57.7 Å². The first kappa shape index (κ1) is 21.5. The van der Waals surface area contributed by atoms with E-state index in [9.17, 15) is 14.0 Å². The Hall–Kier alpha value is -3.68. The monoisotopic (exact) mass is 435 g/mol. The molecule has 3 aromatic rings. The summed E-state index contributed by atoms with van der Waals surface area (Å²) < 4.78 is 15.0. The molecule has 0 aliphatic carbocycles. The molecule has 4 rings (SSSR count). The van der Waals surface area contributed by atoms with Gasteiger partial charge in [-0.05, 0) is 68.8 Å². The maximum atomic E-state index is 13.1. The van der Waals surface area contributed by atoms with Gasteiger partial charge in [0, 0.05) is 43.1 Å². The molecule has 2 heterocycles.